The molecule has 0 aromatic heterocycles. The molecule has 4 aromatic rings. The molecule has 0 aliphatic rings. The lowest BCUT2D eigenvalue weighted by Crippen LogP contribution is -2.02. The third kappa shape index (κ3) is 3.87. The monoisotopic (exact) mass is 473 g/mol. The maximum absolute atomic E-state index is 12.0. The SMILES string of the molecule is Nc1cc(S(=O)(=O)O)cc2cc(S(=O)(=O)O)c(N=Nc3cccc4ccccc34)c(O)c12. The molecule has 0 bridgehead atoms. The summed E-state index contributed by atoms with van der Waals surface area (Å²) in [6.45, 7) is 0. The largest absolute Gasteiger partial charge is 0.505 e. The van der Waals surface area contributed by atoms with Crippen LogP contribution in [0.3, 0.4) is 0 Å². The van der Waals surface area contributed by atoms with Gasteiger partial charge in [0.1, 0.15) is 10.6 Å². The van der Waals surface area contributed by atoms with E-state index in [1.54, 1.807) is 24.3 Å². The first kappa shape index (κ1) is 21.6. The minimum atomic E-state index is -4.92. The van der Waals surface area contributed by atoms with E-state index in [1.807, 2.05) is 18.2 Å². The van der Waals surface area contributed by atoms with Crippen molar-refractivity contribution in [1.29, 1.82) is 0 Å². The lowest BCUT2D eigenvalue weighted by Gasteiger charge is -2.12. The molecule has 164 valence electrons. The fourth-order valence-corrected chi connectivity index (χ4v) is 4.54. The molecular formula is C20H15N3O7S2. The van der Waals surface area contributed by atoms with Crippen LogP contribution in [-0.4, -0.2) is 31.0 Å². The van der Waals surface area contributed by atoms with Crippen molar-refractivity contribution < 1.29 is 31.0 Å². The van der Waals surface area contributed by atoms with E-state index in [2.05, 4.69) is 10.2 Å². The van der Waals surface area contributed by atoms with Crippen LogP contribution in [0.5, 0.6) is 5.75 Å². The number of anilines is 1. The second-order valence-electron chi connectivity index (χ2n) is 6.83. The minimum absolute atomic E-state index is 0.128. The zero-order chi connectivity index (χ0) is 23.3. The van der Waals surface area contributed by atoms with Crippen LogP contribution in [0.4, 0.5) is 17.1 Å². The van der Waals surface area contributed by atoms with Gasteiger partial charge in [-0.1, -0.05) is 36.4 Å². The van der Waals surface area contributed by atoms with Crippen molar-refractivity contribution in [1.82, 2.24) is 0 Å². The molecule has 0 amide bonds. The van der Waals surface area contributed by atoms with Crippen LogP contribution >= 0.6 is 0 Å². The molecule has 5 N–H and O–H groups in total. The molecule has 0 unspecified atom stereocenters. The fourth-order valence-electron chi connectivity index (χ4n) is 3.33. The first-order valence-corrected chi connectivity index (χ1v) is 11.8. The molecule has 0 aliphatic carbocycles. The van der Waals surface area contributed by atoms with Gasteiger partial charge in [0.2, 0.25) is 0 Å². The summed E-state index contributed by atoms with van der Waals surface area (Å²) < 4.78 is 65.9. The van der Waals surface area contributed by atoms with Gasteiger partial charge in [0.05, 0.1) is 10.6 Å². The first-order chi connectivity index (χ1) is 15.0. The van der Waals surface area contributed by atoms with E-state index in [0.717, 1.165) is 23.6 Å². The van der Waals surface area contributed by atoms with Gasteiger partial charge in [0, 0.05) is 16.5 Å². The van der Waals surface area contributed by atoms with Crippen LogP contribution in [0.1, 0.15) is 0 Å². The van der Waals surface area contributed by atoms with Gasteiger partial charge < -0.3 is 10.8 Å². The van der Waals surface area contributed by atoms with Gasteiger partial charge in [-0.25, -0.2) is 0 Å². The number of hydrogen-bond acceptors (Lipinski definition) is 8. The average Bonchev–Trinajstić information content (AvgIpc) is 2.71. The number of aromatic hydroxyl groups is 1. The lowest BCUT2D eigenvalue weighted by atomic mass is 10.1. The Balaban J connectivity index is 2.01. The molecule has 0 heterocycles. The predicted octanol–water partition coefficient (Wildman–Crippen LogP) is 4.19. The number of nitrogens with zero attached hydrogens (tertiary/aromatic N) is 2. The molecular weight excluding hydrogens is 458 g/mol. The first-order valence-electron chi connectivity index (χ1n) is 8.90. The normalized spacial score (nSPS) is 12.7. The number of nitrogens with two attached hydrogens (primary N) is 1. The zero-order valence-electron chi connectivity index (χ0n) is 16.0. The average molecular weight is 473 g/mol. The van der Waals surface area contributed by atoms with Gasteiger partial charge in [-0.05, 0) is 35.0 Å². The number of phenolic OH excluding ortho intramolecular Hbond substituents is 1. The highest BCUT2D eigenvalue weighted by Crippen LogP contribution is 2.44. The van der Waals surface area contributed by atoms with Gasteiger partial charge in [-0.2, -0.15) is 16.8 Å². The van der Waals surface area contributed by atoms with Gasteiger partial charge >= 0.3 is 0 Å². The summed E-state index contributed by atoms with van der Waals surface area (Å²) in [5.74, 6) is -0.738. The predicted molar refractivity (Wildman–Crippen MR) is 118 cm³/mol. The van der Waals surface area contributed by atoms with Crippen molar-refractivity contribution >= 4 is 58.8 Å². The number of azo groups is 1. The lowest BCUT2D eigenvalue weighted by molar-refractivity contribution is 0.472. The molecule has 4 aromatic carbocycles. The molecule has 0 fully saturated rings. The standard InChI is InChI=1S/C20H15N3O7S2/c21-15-10-13(31(25,26)27)8-12-9-17(32(28,29)30)19(20(24)18(12)15)23-22-16-7-3-5-11-4-1-2-6-14(11)16/h1-10,24H,21H2,(H,25,26,27)(H,28,29,30). The van der Waals surface area contributed by atoms with Crippen molar-refractivity contribution in [3.8, 4) is 5.75 Å². The second-order valence-corrected chi connectivity index (χ2v) is 9.64. The van der Waals surface area contributed by atoms with Crippen LogP contribution in [-0.2, 0) is 20.2 Å². The van der Waals surface area contributed by atoms with E-state index in [1.165, 1.54) is 0 Å². The van der Waals surface area contributed by atoms with Crippen molar-refractivity contribution in [3.63, 3.8) is 0 Å². The number of hydrogen-bond donors (Lipinski definition) is 4. The summed E-state index contributed by atoms with van der Waals surface area (Å²) in [5.41, 5.74) is 5.37. The van der Waals surface area contributed by atoms with Crippen molar-refractivity contribution in [2.75, 3.05) is 5.73 Å². The molecule has 4 rings (SSSR count). The summed E-state index contributed by atoms with van der Waals surface area (Å²) in [6.07, 6.45) is 0. The summed E-state index contributed by atoms with van der Waals surface area (Å²) in [7, 11) is -9.59. The molecule has 12 heteroatoms. The Kier molecular flexibility index (Phi) is 5.09. The maximum Gasteiger partial charge on any atom is 0.296 e. The maximum atomic E-state index is 12.0. The third-order valence-corrected chi connectivity index (χ3v) is 6.45. The summed E-state index contributed by atoms with van der Waals surface area (Å²) in [6, 6.07) is 15.1. The van der Waals surface area contributed by atoms with E-state index in [0.29, 0.717) is 11.1 Å². The Labute approximate surface area is 182 Å². The molecule has 10 nitrogen and oxygen atoms in total. The van der Waals surface area contributed by atoms with Crippen molar-refractivity contribution in [2.45, 2.75) is 9.79 Å². The minimum Gasteiger partial charge on any atom is -0.505 e. The van der Waals surface area contributed by atoms with Gasteiger partial charge in [-0.3, -0.25) is 9.11 Å². The Hall–Kier alpha value is -3.58. The Morgan fingerprint density at radius 2 is 1.47 bits per heavy atom. The van der Waals surface area contributed by atoms with E-state index in [-0.39, 0.29) is 16.5 Å². The Bertz CT molecular complexity index is 1640. The quantitative estimate of drug-likeness (QED) is 0.193. The number of fused-ring (bicyclic) bond motifs is 2. The Morgan fingerprint density at radius 1 is 0.781 bits per heavy atom. The van der Waals surface area contributed by atoms with Crippen molar-refractivity contribution in [2.24, 2.45) is 10.2 Å². The second kappa shape index (κ2) is 7.53. The highest BCUT2D eigenvalue weighted by molar-refractivity contribution is 7.86. The van der Waals surface area contributed by atoms with E-state index in [9.17, 15) is 31.0 Å². The fraction of sp³-hybridized carbons (Fsp3) is 0. The van der Waals surface area contributed by atoms with Crippen molar-refractivity contribution in [3.05, 3.63) is 60.7 Å². The van der Waals surface area contributed by atoms with Crippen LogP contribution < -0.4 is 5.73 Å². The van der Waals surface area contributed by atoms with E-state index < -0.39 is 41.5 Å². The molecule has 0 atom stereocenters. The molecule has 0 aliphatic heterocycles. The van der Waals surface area contributed by atoms with Gasteiger partial charge in [0.25, 0.3) is 20.2 Å². The molecule has 32 heavy (non-hydrogen) atoms. The third-order valence-electron chi connectivity index (χ3n) is 4.75. The number of phenols is 1. The molecule has 0 radical (unpaired) electrons. The van der Waals surface area contributed by atoms with Gasteiger partial charge in [-0.15, -0.1) is 10.2 Å². The van der Waals surface area contributed by atoms with Crippen LogP contribution in [0.15, 0.2) is 80.7 Å². The summed E-state index contributed by atoms with van der Waals surface area (Å²) in [5, 5.41) is 19.9. The molecule has 0 saturated heterocycles. The number of rotatable bonds is 4. The summed E-state index contributed by atoms with van der Waals surface area (Å²) in [4.78, 5) is -1.44. The topological polar surface area (TPSA) is 180 Å². The smallest absolute Gasteiger partial charge is 0.296 e. The van der Waals surface area contributed by atoms with Crippen LogP contribution in [0.2, 0.25) is 0 Å². The Morgan fingerprint density at radius 3 is 2.16 bits per heavy atom. The highest BCUT2D eigenvalue weighted by atomic mass is 32.2. The molecule has 0 spiro atoms. The van der Waals surface area contributed by atoms with Crippen LogP contribution in [0.25, 0.3) is 21.5 Å². The highest BCUT2D eigenvalue weighted by Gasteiger charge is 2.24. The number of benzene rings is 4. The van der Waals surface area contributed by atoms with Crippen LogP contribution in [0, 0.1) is 0 Å². The molecule has 0 saturated carbocycles. The summed E-state index contributed by atoms with van der Waals surface area (Å²) >= 11 is 0. The zero-order valence-corrected chi connectivity index (χ0v) is 17.7. The number of nitrogen functional groups attached to an aromatic ring is 1. The van der Waals surface area contributed by atoms with Gasteiger partial charge in [0.15, 0.2) is 5.75 Å². The van der Waals surface area contributed by atoms with E-state index >= 15 is 0 Å². The van der Waals surface area contributed by atoms with E-state index in [4.69, 9.17) is 5.73 Å².